The number of methoxy groups -OCH3 is 2. The summed E-state index contributed by atoms with van der Waals surface area (Å²) in [7, 11) is 2.80. The van der Waals surface area contributed by atoms with Crippen LogP contribution in [0.25, 0.3) is 0 Å². The van der Waals surface area contributed by atoms with Crippen LogP contribution in [0.3, 0.4) is 0 Å². The van der Waals surface area contributed by atoms with Gasteiger partial charge in [-0.1, -0.05) is 6.07 Å². The van der Waals surface area contributed by atoms with E-state index in [9.17, 15) is 9.90 Å². The SMILES string of the molecule is COC(=O)C1=C(C)N(c2ccc3c(c2)OCCO3)C(=S)N[C@H]1c1ccc(OC)c(O)c1. The van der Waals surface area contributed by atoms with Crippen molar-refractivity contribution >= 4 is 29.0 Å². The van der Waals surface area contributed by atoms with E-state index in [1.807, 2.05) is 18.2 Å². The van der Waals surface area contributed by atoms with Crippen LogP contribution in [0, 0.1) is 0 Å². The van der Waals surface area contributed by atoms with Crippen LogP contribution in [0.15, 0.2) is 47.7 Å². The summed E-state index contributed by atoms with van der Waals surface area (Å²) in [6.45, 7) is 2.76. The molecule has 2 aliphatic heterocycles. The highest BCUT2D eigenvalue weighted by Gasteiger charge is 2.36. The monoisotopic (exact) mass is 442 g/mol. The van der Waals surface area contributed by atoms with Crippen molar-refractivity contribution in [2.75, 3.05) is 32.3 Å². The quantitative estimate of drug-likeness (QED) is 0.548. The summed E-state index contributed by atoms with van der Waals surface area (Å²) in [6.07, 6.45) is 0. The zero-order chi connectivity index (χ0) is 22.1. The van der Waals surface area contributed by atoms with Gasteiger partial charge in [0.1, 0.15) is 13.2 Å². The number of fused-ring (bicyclic) bond motifs is 1. The number of phenols is 1. The van der Waals surface area contributed by atoms with E-state index in [1.165, 1.54) is 20.3 Å². The van der Waals surface area contributed by atoms with Crippen LogP contribution in [-0.4, -0.2) is 43.6 Å². The molecular weight excluding hydrogens is 420 g/mol. The number of anilines is 1. The second-order valence-electron chi connectivity index (χ2n) is 6.97. The van der Waals surface area contributed by atoms with Crippen molar-refractivity contribution in [1.29, 1.82) is 0 Å². The Balaban J connectivity index is 1.79. The molecule has 0 aliphatic carbocycles. The molecule has 2 aromatic carbocycles. The molecule has 4 rings (SSSR count). The molecule has 0 amide bonds. The second kappa shape index (κ2) is 8.35. The molecule has 0 spiro atoms. The lowest BCUT2D eigenvalue weighted by atomic mass is 9.94. The maximum atomic E-state index is 12.8. The van der Waals surface area contributed by atoms with Gasteiger partial charge in [0.2, 0.25) is 0 Å². The van der Waals surface area contributed by atoms with Gasteiger partial charge < -0.3 is 29.4 Å². The first-order valence-corrected chi connectivity index (χ1v) is 10.0. The first-order valence-electron chi connectivity index (χ1n) is 9.61. The van der Waals surface area contributed by atoms with E-state index < -0.39 is 12.0 Å². The van der Waals surface area contributed by atoms with E-state index >= 15 is 0 Å². The van der Waals surface area contributed by atoms with Crippen LogP contribution in [0.4, 0.5) is 5.69 Å². The number of rotatable bonds is 4. The van der Waals surface area contributed by atoms with Gasteiger partial charge in [0.15, 0.2) is 28.1 Å². The molecule has 0 radical (unpaired) electrons. The van der Waals surface area contributed by atoms with Crippen LogP contribution >= 0.6 is 12.2 Å². The fourth-order valence-corrected chi connectivity index (χ4v) is 4.10. The number of benzene rings is 2. The average molecular weight is 442 g/mol. The molecule has 1 atom stereocenters. The summed E-state index contributed by atoms with van der Waals surface area (Å²) < 4.78 is 21.4. The van der Waals surface area contributed by atoms with Gasteiger partial charge in [-0.05, 0) is 49.0 Å². The van der Waals surface area contributed by atoms with Crippen LogP contribution in [0.2, 0.25) is 0 Å². The smallest absolute Gasteiger partial charge is 0.337 e. The van der Waals surface area contributed by atoms with Gasteiger partial charge in [-0.15, -0.1) is 0 Å². The predicted octanol–water partition coefficient (Wildman–Crippen LogP) is 3.05. The summed E-state index contributed by atoms with van der Waals surface area (Å²) in [5.74, 6) is 1.06. The second-order valence-corrected chi connectivity index (χ2v) is 7.35. The maximum absolute atomic E-state index is 12.8. The third-order valence-corrected chi connectivity index (χ3v) is 5.51. The van der Waals surface area contributed by atoms with Gasteiger partial charge in [-0.3, -0.25) is 4.90 Å². The van der Waals surface area contributed by atoms with Gasteiger partial charge in [0.25, 0.3) is 0 Å². The van der Waals surface area contributed by atoms with Gasteiger partial charge >= 0.3 is 5.97 Å². The van der Waals surface area contributed by atoms with Gasteiger partial charge in [-0.25, -0.2) is 4.79 Å². The molecule has 2 aliphatic rings. The number of allylic oxidation sites excluding steroid dienone is 1. The Hall–Kier alpha value is -3.46. The largest absolute Gasteiger partial charge is 0.504 e. The molecule has 9 heteroatoms. The number of ether oxygens (including phenoxy) is 4. The summed E-state index contributed by atoms with van der Waals surface area (Å²) in [5.41, 5.74) is 2.34. The standard InChI is InChI=1S/C22H22N2O6S/c1-12-19(21(26)28-3)20(13-4-6-16(27-2)15(25)10-13)23-22(31)24(12)14-5-7-17-18(11-14)30-9-8-29-17/h4-7,10-11,20,25H,8-9H2,1-3H3,(H,23,31)/t20-/m0/s1. The van der Waals surface area contributed by atoms with Crippen LogP contribution in [0.5, 0.6) is 23.0 Å². The van der Waals surface area contributed by atoms with Crippen molar-refractivity contribution in [3.8, 4) is 23.0 Å². The molecule has 0 saturated heterocycles. The Kier molecular flexibility index (Phi) is 5.60. The highest BCUT2D eigenvalue weighted by Crippen LogP contribution is 2.40. The number of hydrogen-bond acceptors (Lipinski definition) is 7. The van der Waals surface area contributed by atoms with Gasteiger partial charge in [0, 0.05) is 11.8 Å². The number of phenolic OH excluding ortho intramolecular Hbond substituents is 1. The highest BCUT2D eigenvalue weighted by atomic mass is 32.1. The Morgan fingerprint density at radius 2 is 1.90 bits per heavy atom. The number of esters is 1. The molecule has 0 unspecified atom stereocenters. The summed E-state index contributed by atoms with van der Waals surface area (Å²) in [6, 6.07) is 9.80. The van der Waals surface area contributed by atoms with E-state index in [-0.39, 0.29) is 5.75 Å². The maximum Gasteiger partial charge on any atom is 0.337 e. The molecule has 8 nitrogen and oxygen atoms in total. The molecule has 0 bridgehead atoms. The zero-order valence-electron chi connectivity index (χ0n) is 17.3. The van der Waals surface area contributed by atoms with Crippen molar-refractivity contribution in [2.24, 2.45) is 0 Å². The Morgan fingerprint density at radius 3 is 2.58 bits per heavy atom. The van der Waals surface area contributed by atoms with Gasteiger partial charge in [-0.2, -0.15) is 0 Å². The van der Waals surface area contributed by atoms with Crippen LogP contribution in [0.1, 0.15) is 18.5 Å². The molecule has 162 valence electrons. The number of aromatic hydroxyl groups is 1. The number of hydrogen-bond donors (Lipinski definition) is 2. The molecule has 0 aromatic heterocycles. The minimum atomic E-state index is -0.606. The molecule has 0 fully saturated rings. The molecule has 2 heterocycles. The summed E-state index contributed by atoms with van der Waals surface area (Å²) in [4.78, 5) is 14.5. The average Bonchev–Trinajstić information content (AvgIpc) is 2.78. The van der Waals surface area contributed by atoms with Crippen molar-refractivity contribution in [3.05, 3.63) is 53.2 Å². The number of nitrogens with zero attached hydrogens (tertiary/aromatic N) is 1. The first-order chi connectivity index (χ1) is 14.9. The van der Waals surface area contributed by atoms with Crippen LogP contribution in [-0.2, 0) is 9.53 Å². The third-order valence-electron chi connectivity index (χ3n) is 5.21. The first kappa shape index (κ1) is 20.8. The molecular formula is C22H22N2O6S. The zero-order valence-corrected chi connectivity index (χ0v) is 18.1. The summed E-state index contributed by atoms with van der Waals surface area (Å²) in [5, 5.41) is 13.8. The topological polar surface area (TPSA) is 89.5 Å². The normalized spacial score (nSPS) is 17.8. The lowest BCUT2D eigenvalue weighted by Crippen LogP contribution is -2.48. The van der Waals surface area contributed by atoms with Crippen molar-refractivity contribution in [3.63, 3.8) is 0 Å². The Morgan fingerprint density at radius 1 is 1.16 bits per heavy atom. The van der Waals surface area contributed by atoms with Crippen molar-refractivity contribution in [2.45, 2.75) is 13.0 Å². The van der Waals surface area contributed by atoms with Crippen molar-refractivity contribution in [1.82, 2.24) is 5.32 Å². The Bertz CT molecular complexity index is 1080. The minimum absolute atomic E-state index is 0.0381. The predicted molar refractivity (Wildman–Crippen MR) is 118 cm³/mol. The van der Waals surface area contributed by atoms with Crippen LogP contribution < -0.4 is 24.4 Å². The van der Waals surface area contributed by atoms with E-state index in [1.54, 1.807) is 24.0 Å². The molecule has 31 heavy (non-hydrogen) atoms. The number of nitrogens with one attached hydrogen (secondary N) is 1. The highest BCUT2D eigenvalue weighted by molar-refractivity contribution is 7.80. The van der Waals surface area contributed by atoms with Crippen molar-refractivity contribution < 1.29 is 28.8 Å². The fraction of sp³-hybridized carbons (Fsp3) is 0.273. The van der Waals surface area contributed by atoms with E-state index in [0.29, 0.717) is 52.4 Å². The van der Waals surface area contributed by atoms with E-state index in [2.05, 4.69) is 5.32 Å². The number of thiocarbonyl (C=S) groups is 1. The lowest BCUT2D eigenvalue weighted by molar-refractivity contribution is -0.136. The Labute approximate surface area is 185 Å². The lowest BCUT2D eigenvalue weighted by Gasteiger charge is -2.37. The van der Waals surface area contributed by atoms with E-state index in [4.69, 9.17) is 31.2 Å². The number of carbonyl (C=O) groups excluding carboxylic acids is 1. The molecule has 2 N–H and O–H groups in total. The molecule has 2 aromatic rings. The third kappa shape index (κ3) is 3.72. The fourth-order valence-electron chi connectivity index (χ4n) is 3.74. The molecule has 0 saturated carbocycles. The van der Waals surface area contributed by atoms with E-state index in [0.717, 1.165) is 5.69 Å². The summed E-state index contributed by atoms with van der Waals surface area (Å²) >= 11 is 5.64. The number of carbonyl (C=O) groups is 1. The van der Waals surface area contributed by atoms with Gasteiger partial charge in [0.05, 0.1) is 31.5 Å². The minimum Gasteiger partial charge on any atom is -0.504 e.